The lowest BCUT2D eigenvalue weighted by Gasteiger charge is -2.22. The number of ether oxygens (including phenoxy) is 1. The van der Waals surface area contributed by atoms with E-state index >= 15 is 0 Å². The standard InChI is InChI=1S/C27H24N2O4S/c1-34(31,32)29(21-13-15-23(16-14-21)33-22-7-3-2-4-8-22)18-26(30)28-25-17-12-20-11-10-19-6-5-9-24(25)27(19)20/h2-9,12-17H,10-11,18H2,1H3,(H,28,30). The molecule has 4 aromatic carbocycles. The summed E-state index contributed by atoms with van der Waals surface area (Å²) in [6.07, 6.45) is 3.08. The van der Waals surface area contributed by atoms with Crippen LogP contribution in [0.5, 0.6) is 11.5 Å². The number of nitrogens with one attached hydrogen (secondary N) is 1. The molecular weight excluding hydrogens is 448 g/mol. The van der Waals surface area contributed by atoms with Crippen LogP contribution >= 0.6 is 0 Å². The van der Waals surface area contributed by atoms with Crippen LogP contribution in [0.25, 0.3) is 10.8 Å². The molecule has 172 valence electrons. The number of benzene rings is 4. The summed E-state index contributed by atoms with van der Waals surface area (Å²) in [5, 5.41) is 5.08. The van der Waals surface area contributed by atoms with E-state index < -0.39 is 15.9 Å². The summed E-state index contributed by atoms with van der Waals surface area (Å²) in [5.41, 5.74) is 3.63. The average Bonchev–Trinajstić information content (AvgIpc) is 3.25. The Hall–Kier alpha value is -3.84. The molecule has 0 bridgehead atoms. The normalized spacial score (nSPS) is 12.5. The van der Waals surface area contributed by atoms with Gasteiger partial charge >= 0.3 is 0 Å². The number of carbonyl (C=O) groups is 1. The lowest BCUT2D eigenvalue weighted by Crippen LogP contribution is -2.37. The largest absolute Gasteiger partial charge is 0.457 e. The number of amides is 1. The zero-order valence-electron chi connectivity index (χ0n) is 18.7. The van der Waals surface area contributed by atoms with Crippen molar-refractivity contribution in [2.24, 2.45) is 0 Å². The highest BCUT2D eigenvalue weighted by Gasteiger charge is 2.22. The van der Waals surface area contributed by atoms with Crippen LogP contribution in [-0.4, -0.2) is 27.1 Å². The minimum Gasteiger partial charge on any atom is -0.457 e. The molecule has 0 radical (unpaired) electrons. The maximum atomic E-state index is 12.9. The summed E-state index contributed by atoms with van der Waals surface area (Å²) in [7, 11) is -3.69. The predicted molar refractivity (Wildman–Crippen MR) is 135 cm³/mol. The number of rotatable bonds is 7. The predicted octanol–water partition coefficient (Wildman–Crippen LogP) is 5.14. The minimum atomic E-state index is -3.69. The molecule has 34 heavy (non-hydrogen) atoms. The van der Waals surface area contributed by atoms with Crippen molar-refractivity contribution >= 4 is 38.1 Å². The molecule has 6 nitrogen and oxygen atoms in total. The average molecular weight is 473 g/mol. The van der Waals surface area contributed by atoms with Crippen molar-refractivity contribution in [3.8, 4) is 11.5 Å². The van der Waals surface area contributed by atoms with E-state index in [4.69, 9.17) is 4.74 Å². The molecule has 0 atom stereocenters. The minimum absolute atomic E-state index is 0.333. The zero-order valence-corrected chi connectivity index (χ0v) is 19.5. The van der Waals surface area contributed by atoms with Crippen LogP contribution in [0, 0.1) is 0 Å². The first-order valence-corrected chi connectivity index (χ1v) is 12.9. The summed E-state index contributed by atoms with van der Waals surface area (Å²) in [6.45, 7) is -0.333. The van der Waals surface area contributed by atoms with E-state index in [1.807, 2.05) is 54.6 Å². The summed E-state index contributed by atoms with van der Waals surface area (Å²) < 4.78 is 31.9. The molecule has 1 N–H and O–H groups in total. The smallest absolute Gasteiger partial charge is 0.245 e. The van der Waals surface area contributed by atoms with Crippen molar-refractivity contribution in [2.45, 2.75) is 12.8 Å². The molecule has 0 fully saturated rings. The molecule has 4 aromatic rings. The fraction of sp³-hybridized carbons (Fsp3) is 0.148. The zero-order chi connectivity index (χ0) is 23.7. The SMILES string of the molecule is CS(=O)(=O)N(CC(=O)Nc1ccc2c3c(cccc13)CC2)c1ccc(Oc2ccccc2)cc1. The first-order valence-electron chi connectivity index (χ1n) is 11.0. The van der Waals surface area contributed by atoms with Crippen molar-refractivity contribution in [1.29, 1.82) is 0 Å². The number of anilines is 2. The summed E-state index contributed by atoms with van der Waals surface area (Å²) in [4.78, 5) is 12.9. The Balaban J connectivity index is 1.35. The van der Waals surface area contributed by atoms with Gasteiger partial charge in [0, 0.05) is 11.1 Å². The van der Waals surface area contributed by atoms with Gasteiger partial charge in [-0.05, 0) is 71.8 Å². The van der Waals surface area contributed by atoms with Crippen LogP contribution in [0.15, 0.2) is 84.9 Å². The molecule has 7 heteroatoms. The third kappa shape index (κ3) is 4.47. The van der Waals surface area contributed by atoms with Gasteiger partial charge in [-0.15, -0.1) is 0 Å². The number of nitrogens with zero attached hydrogens (tertiary/aromatic N) is 1. The lowest BCUT2D eigenvalue weighted by molar-refractivity contribution is -0.114. The van der Waals surface area contributed by atoms with Gasteiger partial charge in [-0.25, -0.2) is 8.42 Å². The van der Waals surface area contributed by atoms with Crippen molar-refractivity contribution in [1.82, 2.24) is 0 Å². The Bertz CT molecular complexity index is 1460. The van der Waals surface area contributed by atoms with E-state index in [9.17, 15) is 13.2 Å². The number of hydrogen-bond acceptors (Lipinski definition) is 4. The second kappa shape index (κ2) is 8.83. The number of hydrogen-bond donors (Lipinski definition) is 1. The summed E-state index contributed by atoms with van der Waals surface area (Å²) in [6, 6.07) is 26.0. The fourth-order valence-electron chi connectivity index (χ4n) is 4.38. The molecule has 0 aliphatic heterocycles. The highest BCUT2D eigenvalue weighted by Crippen LogP contribution is 2.35. The molecule has 0 saturated heterocycles. The first-order chi connectivity index (χ1) is 16.4. The van der Waals surface area contributed by atoms with Gasteiger partial charge < -0.3 is 10.1 Å². The van der Waals surface area contributed by atoms with Crippen LogP contribution in [-0.2, 0) is 27.7 Å². The molecular formula is C27H24N2O4S. The Kier molecular flexibility index (Phi) is 5.71. The molecule has 5 rings (SSSR count). The van der Waals surface area contributed by atoms with Gasteiger partial charge in [0.25, 0.3) is 0 Å². The topological polar surface area (TPSA) is 75.7 Å². The number of carbonyl (C=O) groups excluding carboxylic acids is 1. The molecule has 0 aromatic heterocycles. The highest BCUT2D eigenvalue weighted by molar-refractivity contribution is 7.92. The molecule has 0 unspecified atom stereocenters. The third-order valence-corrected chi connectivity index (χ3v) is 7.08. The second-order valence-electron chi connectivity index (χ2n) is 8.34. The van der Waals surface area contributed by atoms with Crippen LogP contribution in [0.2, 0.25) is 0 Å². The van der Waals surface area contributed by atoms with E-state index in [-0.39, 0.29) is 6.54 Å². The van der Waals surface area contributed by atoms with Crippen molar-refractivity contribution in [3.63, 3.8) is 0 Å². The number of aryl methyl sites for hydroxylation is 2. The monoisotopic (exact) mass is 472 g/mol. The van der Waals surface area contributed by atoms with Gasteiger partial charge in [0.1, 0.15) is 18.0 Å². The second-order valence-corrected chi connectivity index (χ2v) is 10.2. The van der Waals surface area contributed by atoms with Gasteiger partial charge in [0.15, 0.2) is 0 Å². The van der Waals surface area contributed by atoms with E-state index in [1.165, 1.54) is 16.5 Å². The van der Waals surface area contributed by atoms with E-state index in [1.54, 1.807) is 24.3 Å². The fourth-order valence-corrected chi connectivity index (χ4v) is 5.24. The first kappa shape index (κ1) is 22.0. The molecule has 1 aliphatic rings. The van der Waals surface area contributed by atoms with Gasteiger partial charge in [-0.3, -0.25) is 9.10 Å². The lowest BCUT2D eigenvalue weighted by atomic mass is 10.0. The number of para-hydroxylation sites is 1. The number of sulfonamides is 1. The van der Waals surface area contributed by atoms with Gasteiger partial charge in [0.05, 0.1) is 11.9 Å². The molecule has 0 saturated carbocycles. The Morgan fingerprint density at radius 2 is 1.53 bits per heavy atom. The van der Waals surface area contributed by atoms with E-state index in [0.717, 1.165) is 28.8 Å². The van der Waals surface area contributed by atoms with Crippen molar-refractivity contribution in [2.75, 3.05) is 22.4 Å². The summed E-state index contributed by atoms with van der Waals surface area (Å²) in [5.74, 6) is 0.842. The molecule has 0 heterocycles. The molecule has 0 spiro atoms. The maximum absolute atomic E-state index is 12.9. The maximum Gasteiger partial charge on any atom is 0.245 e. The van der Waals surface area contributed by atoms with Crippen LogP contribution in [0.1, 0.15) is 11.1 Å². The Morgan fingerprint density at radius 1 is 0.853 bits per heavy atom. The molecule has 1 amide bonds. The Morgan fingerprint density at radius 3 is 2.24 bits per heavy atom. The summed E-state index contributed by atoms with van der Waals surface area (Å²) >= 11 is 0. The van der Waals surface area contributed by atoms with Gasteiger partial charge in [-0.1, -0.05) is 42.5 Å². The highest BCUT2D eigenvalue weighted by atomic mass is 32.2. The van der Waals surface area contributed by atoms with E-state index in [2.05, 4.69) is 11.4 Å². The quantitative estimate of drug-likeness (QED) is 0.404. The van der Waals surface area contributed by atoms with E-state index in [0.29, 0.717) is 22.9 Å². The Labute approximate surface area is 198 Å². The van der Waals surface area contributed by atoms with Gasteiger partial charge in [-0.2, -0.15) is 0 Å². The molecule has 1 aliphatic carbocycles. The van der Waals surface area contributed by atoms with Crippen LogP contribution in [0.4, 0.5) is 11.4 Å². The van der Waals surface area contributed by atoms with Crippen molar-refractivity contribution in [3.05, 3.63) is 96.1 Å². The van der Waals surface area contributed by atoms with Crippen molar-refractivity contribution < 1.29 is 17.9 Å². The van der Waals surface area contributed by atoms with Gasteiger partial charge in [0.2, 0.25) is 15.9 Å². The van der Waals surface area contributed by atoms with Crippen LogP contribution in [0.3, 0.4) is 0 Å². The third-order valence-electron chi connectivity index (χ3n) is 5.94. The van der Waals surface area contributed by atoms with Crippen LogP contribution < -0.4 is 14.4 Å².